The monoisotopic (exact) mass is 269 g/mol. The number of halogens is 3. The lowest BCUT2D eigenvalue weighted by molar-refractivity contribution is -0.274. The summed E-state index contributed by atoms with van der Waals surface area (Å²) in [6.07, 6.45) is -4.78. The Bertz CT molecular complexity index is 647. The summed E-state index contributed by atoms with van der Waals surface area (Å²) in [7, 11) is 0. The van der Waals surface area contributed by atoms with Crippen LogP contribution in [-0.2, 0) is 0 Å². The van der Waals surface area contributed by atoms with Crippen molar-refractivity contribution in [2.75, 3.05) is 0 Å². The number of aryl methyl sites for hydroxylation is 1. The van der Waals surface area contributed by atoms with Gasteiger partial charge in [-0.15, -0.1) is 13.2 Å². The van der Waals surface area contributed by atoms with Crippen molar-refractivity contribution < 1.29 is 17.9 Å². The number of alkyl halides is 3. The zero-order valence-corrected chi connectivity index (χ0v) is 9.91. The van der Waals surface area contributed by atoms with Gasteiger partial charge in [0, 0.05) is 23.4 Å². The van der Waals surface area contributed by atoms with Gasteiger partial charge in [0.15, 0.2) is 5.43 Å². The minimum atomic E-state index is -4.78. The number of aromatic nitrogens is 1. The molecule has 0 saturated heterocycles. The van der Waals surface area contributed by atoms with Gasteiger partial charge in [0.1, 0.15) is 5.75 Å². The van der Waals surface area contributed by atoms with Crippen molar-refractivity contribution in [1.29, 1.82) is 0 Å². The minimum Gasteiger partial charge on any atom is -0.405 e. The van der Waals surface area contributed by atoms with Gasteiger partial charge in [-0.25, -0.2) is 0 Å². The van der Waals surface area contributed by atoms with Gasteiger partial charge in [0.25, 0.3) is 0 Å². The molecule has 0 atom stereocenters. The summed E-state index contributed by atoms with van der Waals surface area (Å²) in [5, 5.41) is 0. The molecule has 0 fully saturated rings. The molecule has 0 amide bonds. The SMILES string of the molecule is Cc1cc(=O)cc(-c2ccccc2OC(F)(F)F)[nH]1. The number of aromatic amines is 1. The first-order valence-electron chi connectivity index (χ1n) is 5.41. The van der Waals surface area contributed by atoms with Crippen LogP contribution in [0, 0.1) is 6.92 Å². The lowest BCUT2D eigenvalue weighted by Gasteiger charge is -2.13. The maximum Gasteiger partial charge on any atom is 0.573 e. The van der Waals surface area contributed by atoms with Gasteiger partial charge in [-0.1, -0.05) is 12.1 Å². The predicted octanol–water partition coefficient (Wildman–Crippen LogP) is 3.25. The van der Waals surface area contributed by atoms with Crippen molar-refractivity contribution in [2.24, 2.45) is 0 Å². The standard InChI is InChI=1S/C13H10F3NO2/c1-8-6-9(18)7-11(17-8)10-4-2-3-5-12(10)19-13(14,15)16/h2-7H,1H3,(H,17,18). The fourth-order valence-corrected chi connectivity index (χ4v) is 1.73. The number of pyridine rings is 1. The summed E-state index contributed by atoms with van der Waals surface area (Å²) in [5.74, 6) is -0.351. The van der Waals surface area contributed by atoms with Crippen LogP contribution in [0.4, 0.5) is 13.2 Å². The molecule has 0 unspecified atom stereocenters. The third-order valence-electron chi connectivity index (χ3n) is 2.38. The number of H-pyrrole nitrogens is 1. The summed E-state index contributed by atoms with van der Waals surface area (Å²) in [4.78, 5) is 14.2. The number of rotatable bonds is 2. The number of para-hydroxylation sites is 1. The second-order valence-electron chi connectivity index (χ2n) is 3.96. The molecule has 0 aliphatic carbocycles. The quantitative estimate of drug-likeness (QED) is 0.909. The highest BCUT2D eigenvalue weighted by Gasteiger charge is 2.32. The summed E-state index contributed by atoms with van der Waals surface area (Å²) in [6, 6.07) is 8.23. The lowest BCUT2D eigenvalue weighted by Crippen LogP contribution is -2.17. The number of benzene rings is 1. The molecule has 0 aliphatic heterocycles. The van der Waals surface area contributed by atoms with E-state index in [1.165, 1.54) is 30.3 Å². The Kier molecular flexibility index (Phi) is 3.33. The lowest BCUT2D eigenvalue weighted by atomic mass is 10.1. The second kappa shape index (κ2) is 4.79. The van der Waals surface area contributed by atoms with Crippen molar-refractivity contribution in [3.63, 3.8) is 0 Å². The normalized spacial score (nSPS) is 11.4. The highest BCUT2D eigenvalue weighted by Crippen LogP contribution is 2.32. The first-order chi connectivity index (χ1) is 8.85. The molecule has 0 spiro atoms. The molecule has 0 saturated carbocycles. The number of hydrogen-bond acceptors (Lipinski definition) is 2. The fourth-order valence-electron chi connectivity index (χ4n) is 1.73. The first kappa shape index (κ1) is 13.2. The van der Waals surface area contributed by atoms with Crippen molar-refractivity contribution in [3.8, 4) is 17.0 Å². The Morgan fingerprint density at radius 3 is 2.47 bits per heavy atom. The summed E-state index contributed by atoms with van der Waals surface area (Å²) < 4.78 is 40.8. The van der Waals surface area contributed by atoms with E-state index in [1.807, 2.05) is 0 Å². The van der Waals surface area contributed by atoms with Crippen LogP contribution in [0.1, 0.15) is 5.69 Å². The number of ether oxygens (including phenoxy) is 1. The van der Waals surface area contributed by atoms with Gasteiger partial charge < -0.3 is 9.72 Å². The average Bonchev–Trinajstić information content (AvgIpc) is 2.26. The highest BCUT2D eigenvalue weighted by atomic mass is 19.4. The van der Waals surface area contributed by atoms with E-state index in [4.69, 9.17) is 0 Å². The van der Waals surface area contributed by atoms with E-state index in [9.17, 15) is 18.0 Å². The molecule has 0 aliphatic rings. The molecule has 1 heterocycles. The maximum absolute atomic E-state index is 12.3. The molecule has 2 aromatic rings. The highest BCUT2D eigenvalue weighted by molar-refractivity contribution is 5.67. The van der Waals surface area contributed by atoms with Gasteiger partial charge in [-0.2, -0.15) is 0 Å². The molecule has 1 aromatic carbocycles. The Morgan fingerprint density at radius 1 is 1.16 bits per heavy atom. The van der Waals surface area contributed by atoms with E-state index in [0.29, 0.717) is 5.69 Å². The molecule has 0 radical (unpaired) electrons. The third-order valence-corrected chi connectivity index (χ3v) is 2.38. The molecule has 2 rings (SSSR count). The molecular formula is C13H10F3NO2. The van der Waals surface area contributed by atoms with E-state index in [1.54, 1.807) is 13.0 Å². The number of hydrogen-bond donors (Lipinski definition) is 1. The maximum atomic E-state index is 12.3. The summed E-state index contributed by atoms with van der Waals surface area (Å²) >= 11 is 0. The molecule has 100 valence electrons. The summed E-state index contributed by atoms with van der Waals surface area (Å²) in [6.45, 7) is 1.65. The van der Waals surface area contributed by atoms with Crippen LogP contribution in [0.2, 0.25) is 0 Å². The van der Waals surface area contributed by atoms with Gasteiger partial charge >= 0.3 is 6.36 Å². The average molecular weight is 269 g/mol. The van der Waals surface area contributed by atoms with E-state index < -0.39 is 6.36 Å². The van der Waals surface area contributed by atoms with Crippen LogP contribution in [0.3, 0.4) is 0 Å². The Morgan fingerprint density at radius 2 is 1.84 bits per heavy atom. The van der Waals surface area contributed by atoms with E-state index in [0.717, 1.165) is 0 Å². The van der Waals surface area contributed by atoms with Gasteiger partial charge in [0.2, 0.25) is 0 Å². The summed E-state index contributed by atoms with van der Waals surface area (Å²) in [5.41, 5.74) is 0.739. The van der Waals surface area contributed by atoms with Gasteiger partial charge in [-0.05, 0) is 19.1 Å². The smallest absolute Gasteiger partial charge is 0.405 e. The zero-order valence-electron chi connectivity index (χ0n) is 9.91. The number of nitrogens with one attached hydrogen (secondary N) is 1. The molecule has 0 bridgehead atoms. The second-order valence-corrected chi connectivity index (χ2v) is 3.96. The minimum absolute atomic E-state index is 0.181. The van der Waals surface area contributed by atoms with E-state index >= 15 is 0 Å². The van der Waals surface area contributed by atoms with Gasteiger partial charge in [-0.3, -0.25) is 4.79 Å². The van der Waals surface area contributed by atoms with Crippen LogP contribution in [0.5, 0.6) is 5.75 Å². The first-order valence-corrected chi connectivity index (χ1v) is 5.41. The molecule has 3 nitrogen and oxygen atoms in total. The van der Waals surface area contributed by atoms with Crippen molar-refractivity contribution in [3.05, 3.63) is 52.3 Å². The molecule has 1 N–H and O–H groups in total. The van der Waals surface area contributed by atoms with E-state index in [2.05, 4.69) is 9.72 Å². The van der Waals surface area contributed by atoms with Crippen LogP contribution < -0.4 is 10.2 Å². The van der Waals surface area contributed by atoms with Crippen molar-refractivity contribution in [2.45, 2.75) is 13.3 Å². The molecule has 19 heavy (non-hydrogen) atoms. The molecular weight excluding hydrogens is 259 g/mol. The van der Waals surface area contributed by atoms with Crippen LogP contribution in [0.25, 0.3) is 11.3 Å². The van der Waals surface area contributed by atoms with Crippen LogP contribution in [-0.4, -0.2) is 11.3 Å². The third kappa shape index (κ3) is 3.37. The van der Waals surface area contributed by atoms with Crippen LogP contribution in [0.15, 0.2) is 41.2 Å². The Hall–Kier alpha value is -2.24. The predicted molar refractivity (Wildman–Crippen MR) is 63.9 cm³/mol. The van der Waals surface area contributed by atoms with Crippen LogP contribution >= 0.6 is 0 Å². The molecule has 6 heteroatoms. The fraction of sp³-hybridized carbons (Fsp3) is 0.154. The van der Waals surface area contributed by atoms with Crippen molar-refractivity contribution >= 4 is 0 Å². The largest absolute Gasteiger partial charge is 0.573 e. The Labute approximate surface area is 106 Å². The zero-order chi connectivity index (χ0) is 14.0. The topological polar surface area (TPSA) is 42.1 Å². The van der Waals surface area contributed by atoms with Gasteiger partial charge in [0.05, 0.1) is 5.69 Å². The Balaban J connectivity index is 2.53. The molecule has 1 aromatic heterocycles. The van der Waals surface area contributed by atoms with E-state index in [-0.39, 0.29) is 22.4 Å². The van der Waals surface area contributed by atoms with Crippen molar-refractivity contribution in [1.82, 2.24) is 4.98 Å².